The maximum absolute atomic E-state index is 12.3. The van der Waals surface area contributed by atoms with Crippen LogP contribution in [-0.2, 0) is 4.79 Å². The number of hydrogen-bond donors (Lipinski definition) is 1. The van der Waals surface area contributed by atoms with Gasteiger partial charge in [-0.15, -0.1) is 0 Å². The van der Waals surface area contributed by atoms with Crippen LogP contribution in [0.4, 0.5) is 0 Å². The quantitative estimate of drug-likeness (QED) is 0.372. The van der Waals surface area contributed by atoms with Crippen molar-refractivity contribution in [2.45, 2.75) is 20.3 Å². The number of carbonyl (C=O) groups is 2. The van der Waals surface area contributed by atoms with E-state index < -0.39 is 11.7 Å². The van der Waals surface area contributed by atoms with E-state index in [-0.39, 0.29) is 5.56 Å². The molecule has 6 heteroatoms. The SMILES string of the molecule is Cc1cccc(C)c1OCCCNC(=O)C(=O)c1cnn(-c2ccccc2)c1. The summed E-state index contributed by atoms with van der Waals surface area (Å²) in [5, 5.41) is 6.79. The predicted octanol–water partition coefficient (Wildman–Crippen LogP) is 3.26. The van der Waals surface area contributed by atoms with Crippen molar-refractivity contribution in [1.82, 2.24) is 15.1 Å². The molecule has 28 heavy (non-hydrogen) atoms. The zero-order valence-corrected chi connectivity index (χ0v) is 16.0. The van der Waals surface area contributed by atoms with Gasteiger partial charge >= 0.3 is 0 Å². The molecule has 0 atom stereocenters. The van der Waals surface area contributed by atoms with E-state index in [0.29, 0.717) is 19.6 Å². The third-order valence-electron chi connectivity index (χ3n) is 4.33. The van der Waals surface area contributed by atoms with Gasteiger partial charge in [-0.25, -0.2) is 4.68 Å². The Labute approximate surface area is 164 Å². The molecule has 1 N–H and O–H groups in total. The lowest BCUT2D eigenvalue weighted by Crippen LogP contribution is -2.32. The molecule has 6 nitrogen and oxygen atoms in total. The Morgan fingerprint density at radius 1 is 1.04 bits per heavy atom. The number of para-hydroxylation sites is 2. The van der Waals surface area contributed by atoms with Gasteiger partial charge in [0, 0.05) is 12.7 Å². The summed E-state index contributed by atoms with van der Waals surface area (Å²) < 4.78 is 7.37. The number of amides is 1. The Balaban J connectivity index is 1.46. The molecule has 1 amide bonds. The second-order valence-corrected chi connectivity index (χ2v) is 6.52. The first-order valence-corrected chi connectivity index (χ1v) is 9.18. The molecule has 3 aromatic rings. The maximum Gasteiger partial charge on any atom is 0.292 e. The molecular formula is C22H23N3O3. The highest BCUT2D eigenvalue weighted by Gasteiger charge is 2.17. The average Bonchev–Trinajstić information content (AvgIpc) is 3.20. The van der Waals surface area contributed by atoms with Crippen LogP contribution in [-0.4, -0.2) is 34.6 Å². The molecule has 3 rings (SSSR count). The first-order valence-electron chi connectivity index (χ1n) is 9.18. The standard InChI is InChI=1S/C22H23N3O3/c1-16-8-6-9-17(2)21(16)28-13-7-12-23-22(27)20(26)18-14-24-25(15-18)19-10-4-3-5-11-19/h3-6,8-11,14-15H,7,12-13H2,1-2H3,(H,23,27). The highest BCUT2D eigenvalue weighted by Crippen LogP contribution is 2.22. The summed E-state index contributed by atoms with van der Waals surface area (Å²) in [6.07, 6.45) is 3.57. The highest BCUT2D eigenvalue weighted by atomic mass is 16.5. The maximum atomic E-state index is 12.3. The fourth-order valence-electron chi connectivity index (χ4n) is 2.85. The largest absolute Gasteiger partial charge is 0.493 e. The highest BCUT2D eigenvalue weighted by molar-refractivity contribution is 6.42. The van der Waals surface area contributed by atoms with Crippen LogP contribution in [0.1, 0.15) is 27.9 Å². The minimum atomic E-state index is -0.639. The fourth-order valence-corrected chi connectivity index (χ4v) is 2.85. The first-order chi connectivity index (χ1) is 13.6. The van der Waals surface area contributed by atoms with Gasteiger partial charge in [-0.3, -0.25) is 9.59 Å². The number of carbonyl (C=O) groups excluding carboxylic acids is 2. The Hall–Kier alpha value is -3.41. The third-order valence-corrected chi connectivity index (χ3v) is 4.33. The number of aryl methyl sites for hydroxylation is 2. The number of ether oxygens (including phenoxy) is 1. The number of aromatic nitrogens is 2. The molecule has 0 aliphatic rings. The molecule has 0 radical (unpaired) electrons. The van der Waals surface area contributed by atoms with Gasteiger partial charge in [0.05, 0.1) is 24.1 Å². The lowest BCUT2D eigenvalue weighted by atomic mass is 10.1. The van der Waals surface area contributed by atoms with Crippen LogP contribution in [0.3, 0.4) is 0 Å². The smallest absolute Gasteiger partial charge is 0.292 e. The molecule has 0 fully saturated rings. The third kappa shape index (κ3) is 4.65. The van der Waals surface area contributed by atoms with E-state index in [1.54, 1.807) is 10.9 Å². The molecule has 0 aliphatic carbocycles. The van der Waals surface area contributed by atoms with Crippen molar-refractivity contribution in [3.05, 3.63) is 77.6 Å². The molecule has 0 aliphatic heterocycles. The molecule has 0 saturated carbocycles. The van der Waals surface area contributed by atoms with Crippen molar-refractivity contribution in [3.63, 3.8) is 0 Å². The summed E-state index contributed by atoms with van der Waals surface area (Å²) in [6, 6.07) is 15.4. The van der Waals surface area contributed by atoms with Gasteiger partial charge in [0.2, 0.25) is 0 Å². The molecule has 0 unspecified atom stereocenters. The van der Waals surface area contributed by atoms with Crippen molar-refractivity contribution in [2.24, 2.45) is 0 Å². The molecule has 0 spiro atoms. The number of hydrogen-bond acceptors (Lipinski definition) is 4. The van der Waals surface area contributed by atoms with Gasteiger partial charge in [0.1, 0.15) is 5.75 Å². The summed E-state index contributed by atoms with van der Waals surface area (Å²) in [7, 11) is 0. The topological polar surface area (TPSA) is 73.2 Å². The zero-order chi connectivity index (χ0) is 19.9. The van der Waals surface area contributed by atoms with E-state index in [1.807, 2.05) is 62.4 Å². The molecule has 0 bridgehead atoms. The van der Waals surface area contributed by atoms with Crippen molar-refractivity contribution in [2.75, 3.05) is 13.2 Å². The van der Waals surface area contributed by atoms with Crippen LogP contribution in [0.25, 0.3) is 5.69 Å². The minimum Gasteiger partial charge on any atom is -0.493 e. The molecule has 1 aromatic heterocycles. The number of Topliss-reactive ketones (excluding diaryl/α,β-unsaturated/α-hetero) is 1. The number of nitrogens with one attached hydrogen (secondary N) is 1. The Bertz CT molecular complexity index is 944. The van der Waals surface area contributed by atoms with Gasteiger partial charge in [-0.2, -0.15) is 5.10 Å². The van der Waals surface area contributed by atoms with Gasteiger partial charge in [0.25, 0.3) is 11.7 Å². The first kappa shape index (κ1) is 19.4. The van der Waals surface area contributed by atoms with Crippen LogP contribution in [0.2, 0.25) is 0 Å². The summed E-state index contributed by atoms with van der Waals surface area (Å²) in [5.41, 5.74) is 3.24. The predicted molar refractivity (Wildman–Crippen MR) is 107 cm³/mol. The fraction of sp³-hybridized carbons (Fsp3) is 0.227. The van der Waals surface area contributed by atoms with Crippen molar-refractivity contribution in [1.29, 1.82) is 0 Å². The summed E-state index contributed by atoms with van der Waals surface area (Å²) in [6.45, 7) is 4.82. The van der Waals surface area contributed by atoms with E-state index in [4.69, 9.17) is 4.74 Å². The van der Waals surface area contributed by atoms with E-state index >= 15 is 0 Å². The average molecular weight is 377 g/mol. The monoisotopic (exact) mass is 377 g/mol. The van der Waals surface area contributed by atoms with Crippen molar-refractivity contribution in [3.8, 4) is 11.4 Å². The lowest BCUT2D eigenvalue weighted by molar-refractivity contribution is -0.117. The van der Waals surface area contributed by atoms with Crippen LogP contribution in [0.5, 0.6) is 5.75 Å². The zero-order valence-electron chi connectivity index (χ0n) is 16.0. The number of ketones is 1. The normalized spacial score (nSPS) is 10.5. The van der Waals surface area contributed by atoms with E-state index in [1.165, 1.54) is 6.20 Å². The summed E-state index contributed by atoms with van der Waals surface area (Å²) in [5.74, 6) is -0.365. The second-order valence-electron chi connectivity index (χ2n) is 6.52. The van der Waals surface area contributed by atoms with Crippen LogP contribution in [0, 0.1) is 13.8 Å². The Morgan fingerprint density at radius 2 is 1.75 bits per heavy atom. The number of nitrogens with zero attached hydrogens (tertiary/aromatic N) is 2. The van der Waals surface area contributed by atoms with Crippen LogP contribution in [0.15, 0.2) is 60.9 Å². The summed E-state index contributed by atoms with van der Waals surface area (Å²) in [4.78, 5) is 24.4. The lowest BCUT2D eigenvalue weighted by Gasteiger charge is -2.11. The number of rotatable bonds is 8. The van der Waals surface area contributed by atoms with Crippen LogP contribution >= 0.6 is 0 Å². The molecule has 144 valence electrons. The second kappa shape index (κ2) is 8.99. The number of benzene rings is 2. The van der Waals surface area contributed by atoms with Gasteiger partial charge in [-0.1, -0.05) is 36.4 Å². The van der Waals surface area contributed by atoms with E-state index in [0.717, 1.165) is 22.6 Å². The van der Waals surface area contributed by atoms with Crippen LogP contribution < -0.4 is 10.1 Å². The van der Waals surface area contributed by atoms with Gasteiger partial charge in [0.15, 0.2) is 0 Å². The van der Waals surface area contributed by atoms with Gasteiger partial charge in [-0.05, 0) is 43.5 Å². The molecule has 2 aromatic carbocycles. The van der Waals surface area contributed by atoms with Crippen molar-refractivity contribution < 1.29 is 14.3 Å². The Morgan fingerprint density at radius 3 is 2.46 bits per heavy atom. The van der Waals surface area contributed by atoms with Gasteiger partial charge < -0.3 is 10.1 Å². The Kier molecular flexibility index (Phi) is 6.22. The summed E-state index contributed by atoms with van der Waals surface area (Å²) >= 11 is 0. The molecule has 0 saturated heterocycles. The minimum absolute atomic E-state index is 0.258. The molecular weight excluding hydrogens is 354 g/mol. The molecule has 1 heterocycles. The van der Waals surface area contributed by atoms with Crippen molar-refractivity contribution >= 4 is 11.7 Å². The van der Waals surface area contributed by atoms with E-state index in [9.17, 15) is 9.59 Å². The van der Waals surface area contributed by atoms with E-state index in [2.05, 4.69) is 10.4 Å².